The molecule has 0 aliphatic heterocycles. The third-order valence-electron chi connectivity index (χ3n) is 3.83. The van der Waals surface area contributed by atoms with Crippen molar-refractivity contribution >= 4 is 27.5 Å². The lowest BCUT2D eigenvalue weighted by Crippen LogP contribution is -2.30. The van der Waals surface area contributed by atoms with Gasteiger partial charge in [0.25, 0.3) is 5.91 Å². The third-order valence-corrected chi connectivity index (χ3v) is 4.45. The average molecular weight is 416 g/mol. The molecule has 0 saturated heterocycles. The number of amides is 1. The number of anilines is 1. The summed E-state index contributed by atoms with van der Waals surface area (Å²) in [4.78, 5) is 12.5. The summed E-state index contributed by atoms with van der Waals surface area (Å²) in [5, 5.41) is 14.0. The number of aryl methyl sites for hydroxylation is 2. The van der Waals surface area contributed by atoms with Crippen molar-refractivity contribution in [2.24, 2.45) is 0 Å². The fraction of sp³-hybridized carbons (Fsp3) is 0.222. The van der Waals surface area contributed by atoms with Gasteiger partial charge in [0.15, 0.2) is 6.10 Å². The van der Waals surface area contributed by atoms with Crippen LogP contribution in [0.15, 0.2) is 47.2 Å². The van der Waals surface area contributed by atoms with Crippen LogP contribution < -0.4 is 10.1 Å². The second kappa shape index (κ2) is 7.65. The first kappa shape index (κ1) is 18.1. The molecule has 0 aliphatic carbocycles. The topological polar surface area (TPSA) is 81.9 Å². The molecule has 2 aromatic carbocycles. The van der Waals surface area contributed by atoms with Gasteiger partial charge >= 0.3 is 0 Å². The van der Waals surface area contributed by atoms with E-state index in [1.54, 1.807) is 11.6 Å². The molecule has 1 amide bonds. The van der Waals surface area contributed by atoms with E-state index in [0.717, 1.165) is 21.3 Å². The number of tetrazole rings is 1. The van der Waals surface area contributed by atoms with Gasteiger partial charge in [-0.2, -0.15) is 0 Å². The smallest absolute Gasteiger partial charge is 0.265 e. The monoisotopic (exact) mass is 415 g/mol. The number of nitrogens with zero attached hydrogens (tertiary/aromatic N) is 4. The first-order valence-corrected chi connectivity index (χ1v) is 8.81. The maximum atomic E-state index is 12.5. The minimum Gasteiger partial charge on any atom is -0.480 e. The number of hydrogen-bond donors (Lipinski definition) is 1. The first-order valence-electron chi connectivity index (χ1n) is 8.02. The summed E-state index contributed by atoms with van der Waals surface area (Å²) >= 11 is 3.45. The summed E-state index contributed by atoms with van der Waals surface area (Å²) < 4.78 is 8.13. The second-order valence-corrected chi connectivity index (χ2v) is 6.79. The highest BCUT2D eigenvalue weighted by Gasteiger charge is 2.17. The number of aromatic nitrogens is 4. The van der Waals surface area contributed by atoms with Gasteiger partial charge in [0.1, 0.15) is 12.1 Å². The fourth-order valence-electron chi connectivity index (χ4n) is 2.39. The summed E-state index contributed by atoms with van der Waals surface area (Å²) in [6.07, 6.45) is 0.848. The Balaban J connectivity index is 1.72. The predicted molar refractivity (Wildman–Crippen MR) is 101 cm³/mol. The van der Waals surface area contributed by atoms with Gasteiger partial charge in [-0.15, -0.1) is 5.10 Å². The van der Waals surface area contributed by atoms with Crippen molar-refractivity contribution in [3.63, 3.8) is 0 Å². The Bertz CT molecular complexity index is 927. The molecule has 0 spiro atoms. The Hall–Kier alpha value is -2.74. The Morgan fingerprint density at radius 3 is 2.73 bits per heavy atom. The lowest BCUT2D eigenvalue weighted by molar-refractivity contribution is -0.122. The van der Waals surface area contributed by atoms with Gasteiger partial charge in [-0.25, -0.2) is 4.68 Å². The highest BCUT2D eigenvalue weighted by atomic mass is 79.9. The molecular formula is C18H18BrN5O2. The van der Waals surface area contributed by atoms with Crippen LogP contribution in [0.25, 0.3) is 5.69 Å². The maximum absolute atomic E-state index is 12.5. The van der Waals surface area contributed by atoms with Gasteiger partial charge in [0.2, 0.25) is 0 Å². The number of rotatable bonds is 5. The van der Waals surface area contributed by atoms with Crippen LogP contribution in [0.3, 0.4) is 0 Å². The van der Waals surface area contributed by atoms with E-state index < -0.39 is 6.10 Å². The molecule has 0 aliphatic rings. The van der Waals surface area contributed by atoms with Crippen molar-refractivity contribution in [1.29, 1.82) is 0 Å². The zero-order valence-electron chi connectivity index (χ0n) is 14.6. The number of benzene rings is 2. The predicted octanol–water partition coefficient (Wildman–Crippen LogP) is 3.45. The third kappa shape index (κ3) is 4.08. The molecular weight excluding hydrogens is 398 g/mol. The lowest BCUT2D eigenvalue weighted by Gasteiger charge is -2.16. The molecule has 8 heteroatoms. The number of hydrogen-bond acceptors (Lipinski definition) is 5. The van der Waals surface area contributed by atoms with E-state index >= 15 is 0 Å². The van der Waals surface area contributed by atoms with Crippen LogP contribution in [0.1, 0.15) is 18.1 Å². The molecule has 134 valence electrons. The van der Waals surface area contributed by atoms with Crippen LogP contribution in [-0.2, 0) is 4.79 Å². The molecule has 26 heavy (non-hydrogen) atoms. The van der Waals surface area contributed by atoms with E-state index in [-0.39, 0.29) is 5.91 Å². The summed E-state index contributed by atoms with van der Waals surface area (Å²) in [6.45, 7) is 5.64. The highest BCUT2D eigenvalue weighted by Crippen LogP contribution is 2.27. The maximum Gasteiger partial charge on any atom is 0.265 e. The van der Waals surface area contributed by atoms with Crippen molar-refractivity contribution in [1.82, 2.24) is 20.2 Å². The van der Waals surface area contributed by atoms with Crippen LogP contribution in [0.5, 0.6) is 5.75 Å². The standard InChI is InChI=1S/C18H18BrN5O2/c1-11-4-7-17(15(19)8-11)26-13(3)18(25)21-14-6-5-12(2)16(9-14)24-10-20-22-23-24/h4-10,13H,1-3H3,(H,21,25). The molecule has 1 unspecified atom stereocenters. The zero-order chi connectivity index (χ0) is 18.7. The summed E-state index contributed by atoms with van der Waals surface area (Å²) in [7, 11) is 0. The highest BCUT2D eigenvalue weighted by molar-refractivity contribution is 9.10. The quantitative estimate of drug-likeness (QED) is 0.689. The Kier molecular flexibility index (Phi) is 5.32. The molecule has 1 aromatic heterocycles. The van der Waals surface area contributed by atoms with Crippen LogP contribution in [-0.4, -0.2) is 32.2 Å². The molecule has 1 heterocycles. The van der Waals surface area contributed by atoms with E-state index in [2.05, 4.69) is 36.8 Å². The lowest BCUT2D eigenvalue weighted by atomic mass is 10.1. The molecule has 7 nitrogen and oxygen atoms in total. The summed E-state index contributed by atoms with van der Waals surface area (Å²) in [5.74, 6) is 0.375. The summed E-state index contributed by atoms with van der Waals surface area (Å²) in [5.41, 5.74) is 3.53. The molecule has 0 bridgehead atoms. The minimum atomic E-state index is -0.660. The van der Waals surface area contributed by atoms with Crippen LogP contribution in [0.2, 0.25) is 0 Å². The van der Waals surface area contributed by atoms with Gasteiger partial charge in [-0.3, -0.25) is 4.79 Å². The minimum absolute atomic E-state index is 0.246. The van der Waals surface area contributed by atoms with E-state index in [0.29, 0.717) is 11.4 Å². The zero-order valence-corrected chi connectivity index (χ0v) is 16.2. The van der Waals surface area contributed by atoms with Gasteiger partial charge in [-0.1, -0.05) is 12.1 Å². The van der Waals surface area contributed by atoms with Crippen LogP contribution in [0, 0.1) is 13.8 Å². The molecule has 0 saturated carbocycles. The molecule has 3 aromatic rings. The van der Waals surface area contributed by atoms with Gasteiger partial charge in [-0.05, 0) is 82.5 Å². The number of carbonyl (C=O) groups is 1. The molecule has 1 N–H and O–H groups in total. The van der Waals surface area contributed by atoms with Gasteiger partial charge in [0, 0.05) is 5.69 Å². The second-order valence-electron chi connectivity index (χ2n) is 5.94. The Labute approximate surface area is 159 Å². The van der Waals surface area contributed by atoms with E-state index in [4.69, 9.17) is 4.74 Å². The number of nitrogens with one attached hydrogen (secondary N) is 1. The molecule has 0 fully saturated rings. The van der Waals surface area contributed by atoms with E-state index in [1.807, 2.05) is 50.2 Å². The van der Waals surface area contributed by atoms with Crippen LogP contribution in [0.4, 0.5) is 5.69 Å². The summed E-state index contributed by atoms with van der Waals surface area (Å²) in [6, 6.07) is 11.3. The van der Waals surface area contributed by atoms with Crippen molar-refractivity contribution in [2.45, 2.75) is 26.9 Å². The molecule has 1 atom stereocenters. The average Bonchev–Trinajstić information content (AvgIpc) is 3.13. The van der Waals surface area contributed by atoms with Crippen molar-refractivity contribution < 1.29 is 9.53 Å². The number of carbonyl (C=O) groups excluding carboxylic acids is 1. The van der Waals surface area contributed by atoms with Crippen LogP contribution >= 0.6 is 15.9 Å². The van der Waals surface area contributed by atoms with Crippen molar-refractivity contribution in [2.75, 3.05) is 5.32 Å². The molecule has 0 radical (unpaired) electrons. The van der Waals surface area contributed by atoms with Crippen molar-refractivity contribution in [3.05, 3.63) is 58.3 Å². The first-order chi connectivity index (χ1) is 12.4. The number of halogens is 1. The SMILES string of the molecule is Cc1ccc(OC(C)C(=O)Nc2ccc(C)c(-n3cnnn3)c2)c(Br)c1. The number of ether oxygens (including phenoxy) is 1. The van der Waals surface area contributed by atoms with E-state index in [9.17, 15) is 4.79 Å². The fourth-order valence-corrected chi connectivity index (χ4v) is 2.98. The van der Waals surface area contributed by atoms with Gasteiger partial charge < -0.3 is 10.1 Å². The molecule has 3 rings (SSSR count). The Morgan fingerprint density at radius 2 is 2.04 bits per heavy atom. The van der Waals surface area contributed by atoms with Gasteiger partial charge in [0.05, 0.1) is 10.2 Å². The Morgan fingerprint density at radius 1 is 1.23 bits per heavy atom. The van der Waals surface area contributed by atoms with Crippen molar-refractivity contribution in [3.8, 4) is 11.4 Å². The van der Waals surface area contributed by atoms with E-state index in [1.165, 1.54) is 6.33 Å². The largest absolute Gasteiger partial charge is 0.480 e. The normalized spacial score (nSPS) is 11.8.